The average Bonchev–Trinajstić information content (AvgIpc) is 2.30. The van der Waals surface area contributed by atoms with Crippen molar-refractivity contribution in [2.45, 2.75) is 52.9 Å². The van der Waals surface area contributed by atoms with Gasteiger partial charge < -0.3 is 4.74 Å². The predicted molar refractivity (Wildman–Crippen MR) is 51.0 cm³/mol. The Bertz CT molecular complexity index is 145. The minimum Gasteiger partial charge on any atom is -0.361 e. The lowest BCUT2D eigenvalue weighted by Crippen LogP contribution is -2.43. The van der Waals surface area contributed by atoms with Gasteiger partial charge in [0.05, 0.1) is 6.61 Å². The predicted octanol–water partition coefficient (Wildman–Crippen LogP) is 2.10. The summed E-state index contributed by atoms with van der Waals surface area (Å²) in [6.07, 6.45) is 0.333. The van der Waals surface area contributed by atoms with Crippen LogP contribution >= 0.6 is 0 Å². The van der Waals surface area contributed by atoms with Gasteiger partial charge in [-0.3, -0.25) is 4.90 Å². The molecule has 1 unspecified atom stereocenters. The lowest BCUT2D eigenvalue weighted by molar-refractivity contribution is -0.0184. The van der Waals surface area contributed by atoms with Crippen LogP contribution in [0.1, 0.15) is 34.6 Å². The van der Waals surface area contributed by atoms with E-state index >= 15 is 0 Å². The molecule has 2 atom stereocenters. The molecule has 0 bridgehead atoms. The molecule has 1 aliphatic heterocycles. The van der Waals surface area contributed by atoms with Crippen molar-refractivity contribution >= 4 is 0 Å². The molecule has 1 saturated heterocycles. The van der Waals surface area contributed by atoms with Crippen LogP contribution in [0.4, 0.5) is 0 Å². The monoisotopic (exact) mass is 171 g/mol. The molecule has 1 heterocycles. The Kier molecular flexibility index (Phi) is 3.13. The van der Waals surface area contributed by atoms with E-state index in [2.05, 4.69) is 39.5 Å². The first-order valence-corrected chi connectivity index (χ1v) is 4.93. The van der Waals surface area contributed by atoms with Crippen LogP contribution in [0.25, 0.3) is 0 Å². The van der Waals surface area contributed by atoms with Gasteiger partial charge in [0.15, 0.2) is 0 Å². The molecular weight excluding hydrogens is 150 g/mol. The van der Waals surface area contributed by atoms with Crippen molar-refractivity contribution in [2.75, 3.05) is 6.61 Å². The van der Waals surface area contributed by atoms with Gasteiger partial charge >= 0.3 is 0 Å². The zero-order valence-electron chi connectivity index (χ0n) is 8.87. The van der Waals surface area contributed by atoms with E-state index in [1.165, 1.54) is 0 Å². The molecule has 0 spiro atoms. The highest BCUT2D eigenvalue weighted by Gasteiger charge is 2.34. The van der Waals surface area contributed by atoms with Crippen LogP contribution in [-0.2, 0) is 4.74 Å². The largest absolute Gasteiger partial charge is 0.361 e. The van der Waals surface area contributed by atoms with Crippen LogP contribution in [0.2, 0.25) is 0 Å². The molecule has 0 aromatic rings. The van der Waals surface area contributed by atoms with E-state index in [0.717, 1.165) is 6.61 Å². The minimum absolute atomic E-state index is 0.333. The number of nitrogens with zero attached hydrogens (tertiary/aromatic N) is 1. The highest BCUT2D eigenvalue weighted by atomic mass is 16.5. The Labute approximate surface area is 75.9 Å². The number of rotatable bonds is 2. The van der Waals surface area contributed by atoms with Gasteiger partial charge in [0, 0.05) is 12.1 Å². The first kappa shape index (κ1) is 10.0. The van der Waals surface area contributed by atoms with Crippen LogP contribution in [0.15, 0.2) is 0 Å². The summed E-state index contributed by atoms with van der Waals surface area (Å²) in [5, 5.41) is 0. The molecule has 2 nitrogen and oxygen atoms in total. The van der Waals surface area contributed by atoms with Gasteiger partial charge in [0.25, 0.3) is 0 Å². The fraction of sp³-hybridized carbons (Fsp3) is 1.00. The summed E-state index contributed by atoms with van der Waals surface area (Å²) in [7, 11) is 0. The van der Waals surface area contributed by atoms with E-state index in [9.17, 15) is 0 Å². The van der Waals surface area contributed by atoms with Crippen LogP contribution in [0.5, 0.6) is 0 Å². The maximum absolute atomic E-state index is 5.73. The van der Waals surface area contributed by atoms with E-state index < -0.39 is 0 Å². The molecule has 2 heteroatoms. The lowest BCUT2D eigenvalue weighted by atomic mass is 10.1. The van der Waals surface area contributed by atoms with Gasteiger partial charge in [0.2, 0.25) is 0 Å². The summed E-state index contributed by atoms with van der Waals surface area (Å²) >= 11 is 0. The average molecular weight is 171 g/mol. The first-order valence-electron chi connectivity index (χ1n) is 4.93. The highest BCUT2D eigenvalue weighted by Crippen LogP contribution is 2.24. The van der Waals surface area contributed by atoms with E-state index in [4.69, 9.17) is 4.74 Å². The third kappa shape index (κ3) is 1.80. The van der Waals surface area contributed by atoms with Crippen LogP contribution in [-0.4, -0.2) is 29.8 Å². The second-order valence-corrected chi connectivity index (χ2v) is 4.36. The van der Waals surface area contributed by atoms with Crippen LogP contribution < -0.4 is 0 Å². The molecular formula is C10H21NO. The minimum atomic E-state index is 0.333. The van der Waals surface area contributed by atoms with E-state index in [1.807, 2.05) is 0 Å². The molecule has 0 radical (unpaired) electrons. The second kappa shape index (κ2) is 3.75. The highest BCUT2D eigenvalue weighted by molar-refractivity contribution is 4.81. The quantitative estimate of drug-likeness (QED) is 0.631. The van der Waals surface area contributed by atoms with Gasteiger partial charge in [-0.15, -0.1) is 0 Å². The van der Waals surface area contributed by atoms with Gasteiger partial charge in [-0.05, 0) is 26.7 Å². The fourth-order valence-corrected chi connectivity index (χ4v) is 2.00. The number of hydrogen-bond acceptors (Lipinski definition) is 2. The molecule has 1 fully saturated rings. The van der Waals surface area contributed by atoms with Gasteiger partial charge in [-0.1, -0.05) is 13.8 Å². The zero-order valence-corrected chi connectivity index (χ0v) is 8.87. The summed E-state index contributed by atoms with van der Waals surface area (Å²) in [6, 6.07) is 1.17. The van der Waals surface area contributed by atoms with Crippen LogP contribution in [0, 0.1) is 5.92 Å². The molecule has 0 amide bonds. The van der Waals surface area contributed by atoms with Crippen molar-refractivity contribution in [3.8, 4) is 0 Å². The molecule has 1 rings (SSSR count). The maximum atomic E-state index is 5.73. The smallest absolute Gasteiger partial charge is 0.113 e. The van der Waals surface area contributed by atoms with E-state index in [0.29, 0.717) is 24.2 Å². The standard InChI is InChI=1S/C10H21NO/c1-7(2)10-11(8(3)4)9(5)6-12-10/h7-10H,6H2,1-5H3/t9-,10?/m1/s1. The summed E-state index contributed by atoms with van der Waals surface area (Å²) in [5.74, 6) is 0.595. The van der Waals surface area contributed by atoms with E-state index in [1.54, 1.807) is 0 Å². The second-order valence-electron chi connectivity index (χ2n) is 4.36. The number of hydrogen-bond donors (Lipinski definition) is 0. The maximum Gasteiger partial charge on any atom is 0.113 e. The zero-order chi connectivity index (χ0) is 9.30. The molecule has 1 aliphatic rings. The first-order chi connectivity index (χ1) is 5.54. The Hall–Kier alpha value is -0.0800. The summed E-state index contributed by atoms with van der Waals surface area (Å²) in [5.41, 5.74) is 0. The van der Waals surface area contributed by atoms with Crippen molar-refractivity contribution in [1.29, 1.82) is 0 Å². The van der Waals surface area contributed by atoms with Gasteiger partial charge in [-0.2, -0.15) is 0 Å². The van der Waals surface area contributed by atoms with Gasteiger partial charge in [0.1, 0.15) is 6.23 Å². The lowest BCUT2D eigenvalue weighted by Gasteiger charge is -2.32. The summed E-state index contributed by atoms with van der Waals surface area (Å²) < 4.78 is 5.73. The molecule has 0 aromatic carbocycles. The van der Waals surface area contributed by atoms with Gasteiger partial charge in [-0.25, -0.2) is 0 Å². The molecule has 0 aromatic heterocycles. The topological polar surface area (TPSA) is 12.5 Å². The van der Waals surface area contributed by atoms with Crippen molar-refractivity contribution in [3.05, 3.63) is 0 Å². The van der Waals surface area contributed by atoms with Crippen molar-refractivity contribution in [1.82, 2.24) is 4.90 Å². The van der Waals surface area contributed by atoms with Crippen molar-refractivity contribution < 1.29 is 4.74 Å². The molecule has 0 N–H and O–H groups in total. The SMILES string of the molecule is CC(C)C1OC[C@@H](C)N1C(C)C. The Morgan fingerprint density at radius 2 is 1.83 bits per heavy atom. The van der Waals surface area contributed by atoms with E-state index in [-0.39, 0.29) is 0 Å². The third-order valence-corrected chi connectivity index (χ3v) is 2.48. The Morgan fingerprint density at radius 3 is 2.17 bits per heavy atom. The molecule has 0 aliphatic carbocycles. The normalized spacial score (nSPS) is 32.2. The van der Waals surface area contributed by atoms with Crippen molar-refractivity contribution in [3.63, 3.8) is 0 Å². The molecule has 0 saturated carbocycles. The Balaban J connectivity index is 2.64. The third-order valence-electron chi connectivity index (χ3n) is 2.48. The fourth-order valence-electron chi connectivity index (χ4n) is 2.00. The number of ether oxygens (including phenoxy) is 1. The molecule has 72 valence electrons. The van der Waals surface area contributed by atoms with Crippen LogP contribution in [0.3, 0.4) is 0 Å². The Morgan fingerprint density at radius 1 is 1.25 bits per heavy atom. The summed E-state index contributed by atoms with van der Waals surface area (Å²) in [6.45, 7) is 12.0. The molecule has 12 heavy (non-hydrogen) atoms. The van der Waals surface area contributed by atoms with Crippen molar-refractivity contribution in [2.24, 2.45) is 5.92 Å². The summed E-state index contributed by atoms with van der Waals surface area (Å²) in [4.78, 5) is 2.46.